The summed E-state index contributed by atoms with van der Waals surface area (Å²) in [5.74, 6) is -0.556. The van der Waals surface area contributed by atoms with E-state index in [-0.39, 0.29) is 31.3 Å². The second-order valence-corrected chi connectivity index (χ2v) is 6.90. The summed E-state index contributed by atoms with van der Waals surface area (Å²) < 4.78 is 15.6. The van der Waals surface area contributed by atoms with Gasteiger partial charge in [0, 0.05) is 19.0 Å². The van der Waals surface area contributed by atoms with E-state index < -0.39 is 11.9 Å². The smallest absolute Gasteiger partial charge is 0.311 e. The van der Waals surface area contributed by atoms with E-state index in [2.05, 4.69) is 0 Å². The molecule has 0 unspecified atom stereocenters. The molecule has 8 heteroatoms. The molecule has 1 aromatic carbocycles. The van der Waals surface area contributed by atoms with Crippen LogP contribution in [0.5, 0.6) is 11.5 Å². The maximum absolute atomic E-state index is 12.4. The normalized spacial score (nSPS) is 16.3. The van der Waals surface area contributed by atoms with Gasteiger partial charge in [-0.2, -0.15) is 0 Å². The van der Waals surface area contributed by atoms with Gasteiger partial charge in [-0.25, -0.2) is 0 Å². The average Bonchev–Trinajstić information content (AvgIpc) is 3.35. The maximum Gasteiger partial charge on any atom is 0.311 e. The van der Waals surface area contributed by atoms with E-state index in [1.165, 1.54) is 23.3 Å². The number of esters is 1. The van der Waals surface area contributed by atoms with Crippen LogP contribution in [0.1, 0.15) is 16.1 Å². The fraction of sp³-hybridized carbons (Fsp3) is 0.316. The molecule has 0 saturated carbocycles. The molecule has 1 aliphatic rings. The summed E-state index contributed by atoms with van der Waals surface area (Å²) in [6.45, 7) is -0.149. The van der Waals surface area contributed by atoms with Crippen molar-refractivity contribution in [2.24, 2.45) is 5.92 Å². The standard InChI is InChI=1S/C19H19NO6S/c1-24-13-5-6-14(16(9-13)25-2)20-10-12(8-18(20)22)19(23)26-11-15(21)17-4-3-7-27-17/h3-7,9,12H,8,10-11H2,1-2H3/t12-/m0/s1. The van der Waals surface area contributed by atoms with E-state index in [0.717, 1.165) is 0 Å². The predicted octanol–water partition coefficient (Wildman–Crippen LogP) is 2.54. The number of rotatable bonds is 7. The van der Waals surface area contributed by atoms with Crippen LogP contribution in [0.4, 0.5) is 5.69 Å². The number of benzene rings is 1. The number of ether oxygens (including phenoxy) is 3. The van der Waals surface area contributed by atoms with E-state index in [1.807, 2.05) is 0 Å². The number of hydrogen-bond acceptors (Lipinski definition) is 7. The molecular weight excluding hydrogens is 370 g/mol. The molecular formula is C19H19NO6S. The zero-order chi connectivity index (χ0) is 19.4. The highest BCUT2D eigenvalue weighted by Crippen LogP contribution is 2.36. The molecule has 0 bridgehead atoms. The minimum atomic E-state index is -0.625. The number of methoxy groups -OCH3 is 2. The molecule has 0 N–H and O–H groups in total. The molecule has 0 aliphatic carbocycles. The minimum Gasteiger partial charge on any atom is -0.497 e. The van der Waals surface area contributed by atoms with Crippen LogP contribution in [-0.2, 0) is 14.3 Å². The number of carbonyl (C=O) groups excluding carboxylic acids is 3. The number of nitrogens with zero attached hydrogens (tertiary/aromatic N) is 1. The highest BCUT2D eigenvalue weighted by Gasteiger charge is 2.37. The van der Waals surface area contributed by atoms with Gasteiger partial charge >= 0.3 is 5.97 Å². The van der Waals surface area contributed by atoms with Gasteiger partial charge in [0.25, 0.3) is 0 Å². The Hall–Kier alpha value is -2.87. The monoisotopic (exact) mass is 389 g/mol. The van der Waals surface area contributed by atoms with Gasteiger partial charge in [-0.3, -0.25) is 14.4 Å². The number of hydrogen-bond donors (Lipinski definition) is 0. The summed E-state index contributed by atoms with van der Waals surface area (Å²) in [5, 5.41) is 1.78. The van der Waals surface area contributed by atoms with Crippen LogP contribution < -0.4 is 14.4 Å². The van der Waals surface area contributed by atoms with E-state index in [0.29, 0.717) is 22.1 Å². The van der Waals surface area contributed by atoms with Crippen molar-refractivity contribution < 1.29 is 28.6 Å². The molecule has 0 spiro atoms. The summed E-state index contributed by atoms with van der Waals surface area (Å²) in [6.07, 6.45) is 0.0290. The summed E-state index contributed by atoms with van der Waals surface area (Å²) in [5.41, 5.74) is 0.563. The first-order valence-electron chi connectivity index (χ1n) is 8.29. The second kappa shape index (κ2) is 8.22. The van der Waals surface area contributed by atoms with E-state index >= 15 is 0 Å². The van der Waals surface area contributed by atoms with Gasteiger partial charge in [0.05, 0.1) is 30.7 Å². The van der Waals surface area contributed by atoms with Gasteiger partial charge in [-0.05, 0) is 23.6 Å². The van der Waals surface area contributed by atoms with Crippen molar-refractivity contribution in [2.45, 2.75) is 6.42 Å². The van der Waals surface area contributed by atoms with Gasteiger partial charge in [-0.1, -0.05) is 6.07 Å². The largest absolute Gasteiger partial charge is 0.497 e. The van der Waals surface area contributed by atoms with Crippen LogP contribution in [-0.4, -0.2) is 45.0 Å². The number of thiophene rings is 1. The SMILES string of the molecule is COc1ccc(N2C[C@@H](C(=O)OCC(=O)c3cccs3)CC2=O)c(OC)c1. The van der Waals surface area contributed by atoms with Crippen molar-refractivity contribution >= 4 is 34.7 Å². The predicted molar refractivity (Wildman–Crippen MR) is 99.6 cm³/mol. The molecule has 27 heavy (non-hydrogen) atoms. The highest BCUT2D eigenvalue weighted by molar-refractivity contribution is 7.12. The van der Waals surface area contributed by atoms with Gasteiger partial charge < -0.3 is 19.1 Å². The van der Waals surface area contributed by atoms with Gasteiger partial charge in [0.2, 0.25) is 11.7 Å². The Morgan fingerprint density at radius 1 is 1.22 bits per heavy atom. The Labute approximate surface area is 160 Å². The molecule has 142 valence electrons. The lowest BCUT2D eigenvalue weighted by Gasteiger charge is -2.20. The molecule has 1 aliphatic heterocycles. The molecule has 1 amide bonds. The fourth-order valence-electron chi connectivity index (χ4n) is 2.87. The molecule has 1 atom stereocenters. The molecule has 3 rings (SSSR count). The van der Waals surface area contributed by atoms with Crippen molar-refractivity contribution in [1.82, 2.24) is 0 Å². The van der Waals surface area contributed by atoms with Gasteiger partial charge in [0.15, 0.2) is 6.61 Å². The highest BCUT2D eigenvalue weighted by atomic mass is 32.1. The Morgan fingerprint density at radius 2 is 2.04 bits per heavy atom. The van der Waals surface area contributed by atoms with Crippen LogP contribution in [0.25, 0.3) is 0 Å². The Balaban J connectivity index is 1.65. The lowest BCUT2D eigenvalue weighted by atomic mass is 10.1. The van der Waals surface area contributed by atoms with Crippen LogP contribution in [0.15, 0.2) is 35.7 Å². The van der Waals surface area contributed by atoms with Crippen LogP contribution >= 0.6 is 11.3 Å². The lowest BCUT2D eigenvalue weighted by Crippen LogP contribution is -2.27. The molecule has 7 nitrogen and oxygen atoms in total. The van der Waals surface area contributed by atoms with E-state index in [9.17, 15) is 14.4 Å². The summed E-state index contributed by atoms with van der Waals surface area (Å²) >= 11 is 1.29. The van der Waals surface area contributed by atoms with Crippen molar-refractivity contribution in [3.8, 4) is 11.5 Å². The van der Waals surface area contributed by atoms with Crippen LogP contribution in [0.2, 0.25) is 0 Å². The molecule has 1 saturated heterocycles. The summed E-state index contributed by atoms with van der Waals surface area (Å²) in [7, 11) is 3.04. The zero-order valence-electron chi connectivity index (χ0n) is 15.0. The Bertz CT molecular complexity index is 848. The summed E-state index contributed by atoms with van der Waals surface area (Å²) in [4.78, 5) is 38.7. The topological polar surface area (TPSA) is 82.1 Å². The third-order valence-electron chi connectivity index (χ3n) is 4.28. The fourth-order valence-corrected chi connectivity index (χ4v) is 3.52. The van der Waals surface area contributed by atoms with Crippen molar-refractivity contribution in [2.75, 3.05) is 32.3 Å². The van der Waals surface area contributed by atoms with Gasteiger partial charge in [0.1, 0.15) is 11.5 Å². The number of amides is 1. The first-order chi connectivity index (χ1) is 13.0. The summed E-state index contributed by atoms with van der Waals surface area (Å²) in [6, 6.07) is 8.54. The van der Waals surface area contributed by atoms with Crippen molar-refractivity contribution in [3.63, 3.8) is 0 Å². The van der Waals surface area contributed by atoms with E-state index in [4.69, 9.17) is 14.2 Å². The third kappa shape index (κ3) is 4.11. The quantitative estimate of drug-likeness (QED) is 0.535. The number of ketones is 1. The van der Waals surface area contributed by atoms with Crippen LogP contribution in [0.3, 0.4) is 0 Å². The van der Waals surface area contributed by atoms with Crippen molar-refractivity contribution in [1.29, 1.82) is 0 Å². The molecule has 2 heterocycles. The molecule has 0 radical (unpaired) electrons. The first-order valence-corrected chi connectivity index (χ1v) is 9.17. The Kier molecular flexibility index (Phi) is 5.75. The van der Waals surface area contributed by atoms with Crippen molar-refractivity contribution in [3.05, 3.63) is 40.6 Å². The minimum absolute atomic E-state index is 0.0290. The number of carbonyl (C=O) groups is 3. The Morgan fingerprint density at radius 3 is 2.70 bits per heavy atom. The first kappa shape index (κ1) is 18.9. The molecule has 2 aromatic rings. The maximum atomic E-state index is 12.4. The molecule has 1 aromatic heterocycles. The number of Topliss-reactive ketones (excluding diaryl/α,β-unsaturated/α-hetero) is 1. The zero-order valence-corrected chi connectivity index (χ0v) is 15.8. The van der Waals surface area contributed by atoms with Crippen LogP contribution in [0, 0.1) is 5.92 Å². The second-order valence-electron chi connectivity index (χ2n) is 5.95. The van der Waals surface area contributed by atoms with E-state index in [1.54, 1.807) is 42.8 Å². The lowest BCUT2D eigenvalue weighted by molar-refractivity contribution is -0.147. The molecule has 1 fully saturated rings. The third-order valence-corrected chi connectivity index (χ3v) is 5.19. The average molecular weight is 389 g/mol. The number of anilines is 1. The van der Waals surface area contributed by atoms with Gasteiger partial charge in [-0.15, -0.1) is 11.3 Å².